The normalized spacial score (nSPS) is 13.6. The summed E-state index contributed by atoms with van der Waals surface area (Å²) in [5.74, 6) is 0.442. The highest BCUT2D eigenvalue weighted by atomic mass is 16.5. The van der Waals surface area contributed by atoms with Crippen molar-refractivity contribution in [2.45, 2.75) is 44.7 Å². The van der Waals surface area contributed by atoms with E-state index in [4.69, 9.17) is 4.74 Å². The van der Waals surface area contributed by atoms with Crippen LogP contribution in [0, 0.1) is 0 Å². The number of pyridine rings is 1. The molecule has 0 spiro atoms. The van der Waals surface area contributed by atoms with Gasteiger partial charge in [-0.2, -0.15) is 0 Å². The number of para-hydroxylation sites is 1. The van der Waals surface area contributed by atoms with Gasteiger partial charge in [-0.05, 0) is 61.1 Å². The van der Waals surface area contributed by atoms with Gasteiger partial charge in [0.1, 0.15) is 18.1 Å². The molecule has 1 aromatic heterocycles. The van der Waals surface area contributed by atoms with Crippen molar-refractivity contribution in [2.75, 3.05) is 13.7 Å². The molecule has 1 aliphatic rings. The number of fused-ring (bicyclic) bond motifs is 2. The fourth-order valence-corrected chi connectivity index (χ4v) is 4.52. The second-order valence-corrected chi connectivity index (χ2v) is 8.38. The van der Waals surface area contributed by atoms with Gasteiger partial charge in [0.25, 0.3) is 5.91 Å². The number of nitrogens with zero attached hydrogens (tertiary/aromatic N) is 2. The summed E-state index contributed by atoms with van der Waals surface area (Å²) < 4.78 is 6.02. The van der Waals surface area contributed by atoms with Crippen LogP contribution in [0.5, 0.6) is 5.75 Å². The lowest BCUT2D eigenvalue weighted by atomic mass is 9.99. The second-order valence-electron chi connectivity index (χ2n) is 8.38. The van der Waals surface area contributed by atoms with Crippen LogP contribution in [0.4, 0.5) is 0 Å². The van der Waals surface area contributed by atoms with E-state index in [1.165, 1.54) is 0 Å². The summed E-state index contributed by atoms with van der Waals surface area (Å²) in [5.41, 5.74) is 3.66. The molecule has 2 aromatic carbocycles. The van der Waals surface area contributed by atoms with E-state index in [1.54, 1.807) is 18.1 Å². The molecular formula is C27H29N3O4. The minimum atomic E-state index is -0.647. The number of aldehydes is 1. The van der Waals surface area contributed by atoms with Crippen LogP contribution in [0.15, 0.2) is 54.7 Å². The monoisotopic (exact) mass is 459 g/mol. The van der Waals surface area contributed by atoms with Gasteiger partial charge in [-0.3, -0.25) is 14.6 Å². The number of hydrogen-bond donors (Lipinski definition) is 1. The number of aryl methyl sites for hydroxylation is 1. The molecule has 2 amide bonds. The highest BCUT2D eigenvalue weighted by molar-refractivity contribution is 6.01. The summed E-state index contributed by atoms with van der Waals surface area (Å²) in [6.45, 7) is 0.985. The minimum Gasteiger partial charge on any atom is -0.493 e. The highest BCUT2D eigenvalue weighted by Crippen LogP contribution is 2.30. The first-order valence-corrected chi connectivity index (χ1v) is 11.7. The molecule has 34 heavy (non-hydrogen) atoms. The molecule has 1 atom stereocenters. The first-order chi connectivity index (χ1) is 16.6. The van der Waals surface area contributed by atoms with Gasteiger partial charge in [0.05, 0.1) is 12.1 Å². The third-order valence-electron chi connectivity index (χ3n) is 6.28. The van der Waals surface area contributed by atoms with E-state index in [-0.39, 0.29) is 18.2 Å². The lowest BCUT2D eigenvalue weighted by Crippen LogP contribution is -2.46. The molecule has 1 aliphatic heterocycles. The van der Waals surface area contributed by atoms with Crippen molar-refractivity contribution in [1.29, 1.82) is 0 Å². The Hall–Kier alpha value is -3.74. The summed E-state index contributed by atoms with van der Waals surface area (Å²) in [6.07, 6.45) is 5.71. The van der Waals surface area contributed by atoms with E-state index in [0.717, 1.165) is 53.3 Å². The van der Waals surface area contributed by atoms with Crippen LogP contribution in [0.25, 0.3) is 10.9 Å². The molecule has 0 saturated carbocycles. The fraction of sp³-hybridized carbons (Fsp3) is 0.333. The van der Waals surface area contributed by atoms with E-state index in [9.17, 15) is 14.4 Å². The summed E-state index contributed by atoms with van der Waals surface area (Å²) in [5, 5.41) is 3.62. The Morgan fingerprint density at radius 3 is 2.85 bits per heavy atom. The Kier molecular flexibility index (Phi) is 7.52. The van der Waals surface area contributed by atoms with Crippen molar-refractivity contribution >= 4 is 29.0 Å². The highest BCUT2D eigenvalue weighted by Gasteiger charge is 2.36. The second kappa shape index (κ2) is 10.9. The van der Waals surface area contributed by atoms with Crippen LogP contribution in [-0.4, -0.2) is 47.7 Å². The van der Waals surface area contributed by atoms with Gasteiger partial charge in [0.15, 0.2) is 0 Å². The molecule has 0 fully saturated rings. The predicted molar refractivity (Wildman–Crippen MR) is 130 cm³/mol. The number of aromatic nitrogens is 1. The molecule has 0 aliphatic carbocycles. The molecule has 7 heteroatoms. The number of hydrogen-bond acceptors (Lipinski definition) is 5. The van der Waals surface area contributed by atoms with Crippen molar-refractivity contribution in [3.63, 3.8) is 0 Å². The van der Waals surface area contributed by atoms with Crippen molar-refractivity contribution in [2.24, 2.45) is 0 Å². The largest absolute Gasteiger partial charge is 0.493 e. The van der Waals surface area contributed by atoms with Crippen LogP contribution < -0.4 is 10.1 Å². The number of likely N-dealkylation sites (N-methyl/N-ethyl adjacent to an activating group) is 1. The Morgan fingerprint density at radius 1 is 1.18 bits per heavy atom. The molecule has 3 aromatic rings. The van der Waals surface area contributed by atoms with Crippen LogP contribution in [0.3, 0.4) is 0 Å². The number of benzene rings is 2. The smallest absolute Gasteiger partial charge is 0.255 e. The van der Waals surface area contributed by atoms with Crippen LogP contribution in [-0.2, 0) is 22.6 Å². The van der Waals surface area contributed by atoms with Gasteiger partial charge in [-0.1, -0.05) is 24.3 Å². The predicted octanol–water partition coefficient (Wildman–Crippen LogP) is 3.69. The topological polar surface area (TPSA) is 88.6 Å². The molecule has 0 saturated heterocycles. The fourth-order valence-electron chi connectivity index (χ4n) is 4.52. The Morgan fingerprint density at radius 2 is 2.03 bits per heavy atom. The molecule has 4 rings (SSSR count). The third-order valence-corrected chi connectivity index (χ3v) is 6.28. The quantitative estimate of drug-likeness (QED) is 0.349. The van der Waals surface area contributed by atoms with Crippen LogP contribution in [0.1, 0.15) is 47.2 Å². The lowest BCUT2D eigenvalue weighted by molar-refractivity contribution is -0.125. The summed E-state index contributed by atoms with van der Waals surface area (Å²) >= 11 is 0. The standard InChI is InChI=1S/C27H29N3O4/c1-28-26(32)24(13-7-16-31)30-18-22-19(9-6-11-20(22)27(30)33)8-4-5-17-34-25-14-15-29-23-12-3-2-10-21(23)25/h2-3,6,9-12,14-16,24H,4-5,7-8,13,17-18H2,1H3,(H,28,32). The Bertz CT molecular complexity index is 1190. The average molecular weight is 460 g/mol. The Balaban J connectivity index is 1.37. The third kappa shape index (κ3) is 4.93. The van der Waals surface area contributed by atoms with E-state index in [2.05, 4.69) is 10.3 Å². The molecule has 0 bridgehead atoms. The van der Waals surface area contributed by atoms with E-state index in [1.807, 2.05) is 48.5 Å². The molecule has 2 heterocycles. The number of unbranched alkanes of at least 4 members (excludes halogenated alkanes) is 1. The first kappa shape index (κ1) is 23.4. The zero-order valence-corrected chi connectivity index (χ0v) is 19.3. The van der Waals surface area contributed by atoms with Crippen LogP contribution in [0.2, 0.25) is 0 Å². The number of nitrogens with one attached hydrogen (secondary N) is 1. The first-order valence-electron chi connectivity index (χ1n) is 11.7. The lowest BCUT2D eigenvalue weighted by Gasteiger charge is -2.25. The van der Waals surface area contributed by atoms with Gasteiger partial charge in [0, 0.05) is 37.2 Å². The van der Waals surface area contributed by atoms with E-state index in [0.29, 0.717) is 25.1 Å². The number of carbonyl (C=O) groups is 3. The van der Waals surface area contributed by atoms with E-state index < -0.39 is 6.04 Å². The summed E-state index contributed by atoms with van der Waals surface area (Å²) in [7, 11) is 1.55. The molecule has 1 unspecified atom stereocenters. The number of amides is 2. The zero-order valence-electron chi connectivity index (χ0n) is 19.3. The maximum absolute atomic E-state index is 13.0. The number of carbonyl (C=O) groups excluding carboxylic acids is 3. The summed E-state index contributed by atoms with van der Waals surface area (Å²) in [6, 6.07) is 14.9. The van der Waals surface area contributed by atoms with Gasteiger partial charge < -0.3 is 19.7 Å². The molecule has 0 radical (unpaired) electrons. The van der Waals surface area contributed by atoms with Crippen molar-refractivity contribution in [3.8, 4) is 5.75 Å². The van der Waals surface area contributed by atoms with Gasteiger partial charge in [-0.15, -0.1) is 0 Å². The maximum atomic E-state index is 13.0. The van der Waals surface area contributed by atoms with Gasteiger partial charge in [-0.25, -0.2) is 0 Å². The molecule has 176 valence electrons. The minimum absolute atomic E-state index is 0.149. The number of rotatable bonds is 11. The molecule has 1 N–H and O–H groups in total. The number of ether oxygens (including phenoxy) is 1. The van der Waals surface area contributed by atoms with E-state index >= 15 is 0 Å². The van der Waals surface area contributed by atoms with Crippen molar-refractivity contribution in [1.82, 2.24) is 15.2 Å². The van der Waals surface area contributed by atoms with Gasteiger partial charge in [0.2, 0.25) is 5.91 Å². The SMILES string of the molecule is CNC(=O)C(CCC=O)N1Cc2c(CCCCOc3ccnc4ccccc34)cccc2C1=O. The molecular weight excluding hydrogens is 430 g/mol. The van der Waals surface area contributed by atoms with Crippen molar-refractivity contribution in [3.05, 3.63) is 71.4 Å². The Labute approximate surface area is 199 Å². The zero-order chi connectivity index (χ0) is 23.9. The summed E-state index contributed by atoms with van der Waals surface area (Å²) in [4.78, 5) is 42.3. The molecule has 7 nitrogen and oxygen atoms in total. The maximum Gasteiger partial charge on any atom is 0.255 e. The van der Waals surface area contributed by atoms with Crippen molar-refractivity contribution < 1.29 is 19.1 Å². The average Bonchev–Trinajstić information content (AvgIpc) is 3.21. The van der Waals surface area contributed by atoms with Crippen LogP contribution >= 0.6 is 0 Å². The van der Waals surface area contributed by atoms with Gasteiger partial charge >= 0.3 is 0 Å².